The lowest BCUT2D eigenvalue weighted by atomic mass is 9.94. The highest BCUT2D eigenvalue weighted by molar-refractivity contribution is 7.95. The Morgan fingerprint density at radius 1 is 1.15 bits per heavy atom. The van der Waals surface area contributed by atoms with Gasteiger partial charge in [0.05, 0.1) is 11.1 Å². The van der Waals surface area contributed by atoms with Crippen molar-refractivity contribution in [2.24, 2.45) is 11.8 Å². The van der Waals surface area contributed by atoms with Gasteiger partial charge in [0.2, 0.25) is 0 Å². The molecule has 0 amide bonds. The van der Waals surface area contributed by atoms with Crippen LogP contribution in [0.1, 0.15) is 38.2 Å². The van der Waals surface area contributed by atoms with Crippen molar-refractivity contribution in [3.05, 3.63) is 36.0 Å². The molecule has 5 nitrogen and oxygen atoms in total. The number of pyridine rings is 1. The fourth-order valence-electron chi connectivity index (χ4n) is 5.09. The van der Waals surface area contributed by atoms with Gasteiger partial charge in [0.1, 0.15) is 0 Å². The van der Waals surface area contributed by atoms with Crippen LogP contribution in [-0.2, 0) is 6.18 Å². The highest BCUT2D eigenvalue weighted by Gasteiger charge is 2.34. The van der Waals surface area contributed by atoms with Crippen LogP contribution in [0.2, 0.25) is 0 Å². The minimum Gasteiger partial charge on any atom is -0.369 e. The lowest BCUT2D eigenvalue weighted by molar-refractivity contribution is -0.136. The second-order valence-corrected chi connectivity index (χ2v) is 10.4. The molecule has 2 fully saturated rings. The summed E-state index contributed by atoms with van der Waals surface area (Å²) in [6.07, 6.45) is 1.80. The van der Waals surface area contributed by atoms with Crippen LogP contribution in [0.25, 0.3) is 10.9 Å². The van der Waals surface area contributed by atoms with Gasteiger partial charge in [-0.05, 0) is 81.9 Å². The van der Waals surface area contributed by atoms with Crippen LogP contribution in [0.15, 0.2) is 30.5 Å². The zero-order valence-corrected chi connectivity index (χ0v) is 20.2. The fourth-order valence-corrected chi connectivity index (χ4v) is 5.73. The molecule has 1 unspecified atom stereocenters. The van der Waals surface area contributed by atoms with Crippen LogP contribution < -0.4 is 14.3 Å². The molecule has 1 aromatic heterocycles. The topological polar surface area (TPSA) is 43.4 Å². The summed E-state index contributed by atoms with van der Waals surface area (Å²) in [7, 11) is 2.19. The molecule has 0 saturated carbocycles. The maximum absolute atomic E-state index is 13.5. The summed E-state index contributed by atoms with van der Waals surface area (Å²) in [5.74, 6) is 1.24. The summed E-state index contributed by atoms with van der Waals surface area (Å²) in [6.45, 7) is 7.14. The number of fused-ring (bicyclic) bond motifs is 1. The summed E-state index contributed by atoms with van der Waals surface area (Å²) in [4.78, 5) is 8.67. The van der Waals surface area contributed by atoms with Crippen molar-refractivity contribution in [2.75, 3.05) is 44.7 Å². The van der Waals surface area contributed by atoms with Gasteiger partial charge in [0.25, 0.3) is 0 Å². The average molecular weight is 482 g/mol. The smallest absolute Gasteiger partial charge is 0.369 e. The zero-order valence-electron chi connectivity index (χ0n) is 19.4. The molecule has 182 valence electrons. The van der Waals surface area contributed by atoms with Crippen molar-refractivity contribution in [2.45, 2.75) is 44.8 Å². The lowest BCUT2D eigenvalue weighted by Crippen LogP contribution is -2.47. The molecule has 0 radical (unpaired) electrons. The average Bonchev–Trinajstić information content (AvgIpc) is 2.78. The van der Waals surface area contributed by atoms with Gasteiger partial charge in [0, 0.05) is 55.1 Å². The molecule has 2 aromatic rings. The van der Waals surface area contributed by atoms with Crippen LogP contribution in [-0.4, -0.2) is 55.7 Å². The first-order chi connectivity index (χ1) is 15.8. The van der Waals surface area contributed by atoms with Crippen LogP contribution in [0.4, 0.5) is 18.9 Å². The van der Waals surface area contributed by atoms with Crippen molar-refractivity contribution in [1.29, 1.82) is 0 Å². The third-order valence-corrected chi connectivity index (χ3v) is 7.64. The molecule has 0 spiro atoms. The molecule has 33 heavy (non-hydrogen) atoms. The summed E-state index contributed by atoms with van der Waals surface area (Å²) in [5.41, 5.74) is 0.172. The number of piperidine rings is 2. The maximum atomic E-state index is 13.5. The Balaban J connectivity index is 1.35. The van der Waals surface area contributed by atoms with E-state index in [1.165, 1.54) is 44.6 Å². The maximum Gasteiger partial charge on any atom is 0.418 e. The van der Waals surface area contributed by atoms with Crippen LogP contribution in [0, 0.1) is 11.8 Å². The third kappa shape index (κ3) is 6.32. The molecule has 4 rings (SSSR count). The summed E-state index contributed by atoms with van der Waals surface area (Å²) in [5, 5.41) is 0.559. The van der Waals surface area contributed by atoms with Gasteiger partial charge < -0.3 is 9.80 Å². The molecular weight excluding hydrogens is 447 g/mol. The van der Waals surface area contributed by atoms with Gasteiger partial charge in [-0.2, -0.15) is 13.2 Å². The number of nitrogens with one attached hydrogen (secondary N) is 2. The van der Waals surface area contributed by atoms with Crippen molar-refractivity contribution in [1.82, 2.24) is 19.3 Å². The lowest BCUT2D eigenvalue weighted by Gasteiger charge is -2.38. The normalized spacial score (nSPS) is 23.4. The fraction of sp³-hybridized carbons (Fsp3) is 0.625. The number of benzene rings is 1. The van der Waals surface area contributed by atoms with E-state index >= 15 is 0 Å². The van der Waals surface area contributed by atoms with E-state index in [-0.39, 0.29) is 11.6 Å². The molecule has 2 N–H and O–H groups in total. The first kappa shape index (κ1) is 24.6. The predicted octanol–water partition coefficient (Wildman–Crippen LogP) is 4.94. The summed E-state index contributed by atoms with van der Waals surface area (Å²) < 4.78 is 47.4. The molecule has 0 bridgehead atoms. The number of anilines is 1. The SMILES string of the molecule is CC1C[C@@H](NSNCCC2CCN(C)CC2)CN(c2ccc(C(F)(F)F)c3ncccc23)C1. The van der Waals surface area contributed by atoms with Crippen molar-refractivity contribution < 1.29 is 13.2 Å². The zero-order chi connectivity index (χ0) is 23.4. The summed E-state index contributed by atoms with van der Waals surface area (Å²) in [6, 6.07) is 6.48. The number of halogens is 3. The Bertz CT molecular complexity index is 917. The van der Waals surface area contributed by atoms with Crippen molar-refractivity contribution >= 4 is 28.7 Å². The number of hydrogen-bond donors (Lipinski definition) is 2. The number of hydrogen-bond acceptors (Lipinski definition) is 6. The largest absolute Gasteiger partial charge is 0.418 e. The first-order valence-corrected chi connectivity index (χ1v) is 12.7. The molecular formula is C24H34F3N5S. The number of likely N-dealkylation sites (tertiary alicyclic amines) is 1. The van der Waals surface area contributed by atoms with E-state index in [2.05, 4.69) is 38.2 Å². The van der Waals surface area contributed by atoms with E-state index < -0.39 is 11.7 Å². The molecule has 9 heteroatoms. The Hall–Kier alpha value is -1.55. The van der Waals surface area contributed by atoms with E-state index in [4.69, 9.17) is 0 Å². The van der Waals surface area contributed by atoms with Crippen LogP contribution >= 0.6 is 12.1 Å². The van der Waals surface area contributed by atoms with Gasteiger partial charge in [0.15, 0.2) is 0 Å². The van der Waals surface area contributed by atoms with Gasteiger partial charge in [-0.15, -0.1) is 0 Å². The second kappa shape index (κ2) is 10.8. The van der Waals surface area contributed by atoms with Crippen molar-refractivity contribution in [3.63, 3.8) is 0 Å². The molecule has 2 atom stereocenters. The monoisotopic (exact) mass is 481 g/mol. The number of aromatic nitrogens is 1. The minimum atomic E-state index is -4.42. The highest BCUT2D eigenvalue weighted by Crippen LogP contribution is 2.38. The number of rotatable bonds is 7. The van der Waals surface area contributed by atoms with E-state index in [1.54, 1.807) is 30.3 Å². The van der Waals surface area contributed by atoms with E-state index in [9.17, 15) is 13.2 Å². The van der Waals surface area contributed by atoms with E-state index in [1.807, 2.05) is 0 Å². The first-order valence-electron chi connectivity index (χ1n) is 11.8. The molecule has 2 aliphatic rings. The number of alkyl halides is 3. The molecule has 2 saturated heterocycles. The number of nitrogens with zero attached hydrogens (tertiary/aromatic N) is 3. The van der Waals surface area contributed by atoms with E-state index in [0.29, 0.717) is 11.3 Å². The molecule has 3 heterocycles. The minimum absolute atomic E-state index is 0.0233. The summed E-state index contributed by atoms with van der Waals surface area (Å²) >= 11 is 1.56. The second-order valence-electron chi connectivity index (χ2n) is 9.62. The predicted molar refractivity (Wildman–Crippen MR) is 130 cm³/mol. The van der Waals surface area contributed by atoms with Crippen molar-refractivity contribution in [3.8, 4) is 0 Å². The Morgan fingerprint density at radius 2 is 1.94 bits per heavy atom. The van der Waals surface area contributed by atoms with Gasteiger partial charge >= 0.3 is 6.18 Å². The Labute approximate surface area is 198 Å². The van der Waals surface area contributed by atoms with Gasteiger partial charge in [-0.25, -0.2) is 4.72 Å². The standard InChI is InChI=1S/C24H34F3N5S/c1-17-14-19(30-33-29-11-7-18-8-12-31(2)13-9-18)16-32(15-17)22-6-5-21(24(25,26)27)23-20(22)4-3-10-28-23/h3-6,10,17-19,29-30H,7-9,11-16H2,1-2H3/t17?,19-/m1/s1. The molecule has 1 aromatic carbocycles. The van der Waals surface area contributed by atoms with Crippen LogP contribution in [0.3, 0.4) is 0 Å². The molecule has 0 aliphatic carbocycles. The Morgan fingerprint density at radius 3 is 2.70 bits per heavy atom. The van der Waals surface area contributed by atoms with Gasteiger partial charge in [-0.3, -0.25) is 9.71 Å². The van der Waals surface area contributed by atoms with E-state index in [0.717, 1.165) is 37.7 Å². The van der Waals surface area contributed by atoms with Crippen LogP contribution in [0.5, 0.6) is 0 Å². The molecule has 2 aliphatic heterocycles. The third-order valence-electron chi connectivity index (χ3n) is 6.84. The highest BCUT2D eigenvalue weighted by atomic mass is 32.2. The van der Waals surface area contributed by atoms with Gasteiger partial charge in [-0.1, -0.05) is 6.92 Å². The Kier molecular flexibility index (Phi) is 8.04. The quantitative estimate of drug-likeness (QED) is 0.431.